The van der Waals surface area contributed by atoms with Crippen molar-refractivity contribution in [2.75, 3.05) is 60.6 Å². The van der Waals surface area contributed by atoms with Crippen LogP contribution >= 0.6 is 23.2 Å². The van der Waals surface area contributed by atoms with Gasteiger partial charge < -0.3 is 25.8 Å². The van der Waals surface area contributed by atoms with Crippen LogP contribution in [0.3, 0.4) is 0 Å². The highest BCUT2D eigenvalue weighted by Crippen LogP contribution is 2.31. The van der Waals surface area contributed by atoms with Gasteiger partial charge in [0, 0.05) is 44.1 Å². The van der Waals surface area contributed by atoms with Gasteiger partial charge in [0.15, 0.2) is 5.82 Å². The van der Waals surface area contributed by atoms with Crippen molar-refractivity contribution in [3.8, 4) is 0 Å². The summed E-state index contributed by atoms with van der Waals surface area (Å²) in [5.74, 6) is 0.447. The molecule has 0 saturated carbocycles. The Morgan fingerprint density at radius 2 is 1.65 bits per heavy atom. The summed E-state index contributed by atoms with van der Waals surface area (Å²) >= 11 is 12.8. The van der Waals surface area contributed by atoms with Gasteiger partial charge in [-0.25, -0.2) is 9.37 Å². The molecule has 37 heavy (non-hydrogen) atoms. The first-order chi connectivity index (χ1) is 17.6. The van der Waals surface area contributed by atoms with Crippen LogP contribution in [0.1, 0.15) is 27.2 Å². The molecule has 0 atom stereocenters. The van der Waals surface area contributed by atoms with Gasteiger partial charge in [-0.3, -0.25) is 0 Å². The Bertz CT molecular complexity index is 1220. The van der Waals surface area contributed by atoms with E-state index in [1.165, 1.54) is 12.3 Å². The van der Waals surface area contributed by atoms with Crippen LogP contribution in [0.15, 0.2) is 42.6 Å². The highest BCUT2D eigenvalue weighted by atomic mass is 35.5. The number of likely N-dealkylation sites (N-methyl/N-ethyl adjacent to an activating group) is 1. The highest BCUT2D eigenvalue weighted by Gasteiger charge is 2.18. The van der Waals surface area contributed by atoms with E-state index in [0.717, 1.165) is 50.5 Å². The molecule has 1 fully saturated rings. The van der Waals surface area contributed by atoms with Crippen LogP contribution < -0.4 is 20.9 Å². The molecule has 0 aliphatic carbocycles. The van der Waals surface area contributed by atoms with Gasteiger partial charge >= 0.3 is 0 Å². The Hall–Kier alpha value is -2.81. The molecular formula is C27H34Cl2FN7. The van der Waals surface area contributed by atoms with Crippen molar-refractivity contribution >= 4 is 57.7 Å². The summed E-state index contributed by atoms with van der Waals surface area (Å²) in [6.07, 6.45) is 2.51. The van der Waals surface area contributed by atoms with Crippen molar-refractivity contribution in [1.82, 2.24) is 14.9 Å². The summed E-state index contributed by atoms with van der Waals surface area (Å²) < 4.78 is 14.9. The van der Waals surface area contributed by atoms with Gasteiger partial charge in [0.1, 0.15) is 10.8 Å². The summed E-state index contributed by atoms with van der Waals surface area (Å²) in [6, 6.07) is 10.7. The van der Waals surface area contributed by atoms with Gasteiger partial charge in [0.05, 0.1) is 22.6 Å². The second kappa shape index (κ2) is 11.7. The fourth-order valence-electron chi connectivity index (χ4n) is 3.98. The Balaban J connectivity index is 1.44. The third-order valence-electron chi connectivity index (χ3n) is 6.21. The Labute approximate surface area is 228 Å². The first kappa shape index (κ1) is 27.2. The minimum atomic E-state index is -0.283. The number of aromatic nitrogens is 2. The number of rotatable bonds is 8. The summed E-state index contributed by atoms with van der Waals surface area (Å²) in [6.45, 7) is 10.8. The molecule has 0 radical (unpaired) electrons. The third-order valence-corrected chi connectivity index (χ3v) is 6.82. The van der Waals surface area contributed by atoms with E-state index in [4.69, 9.17) is 23.2 Å². The van der Waals surface area contributed by atoms with Gasteiger partial charge in [-0.15, -0.1) is 0 Å². The largest absolute Gasteiger partial charge is 0.384 e. The van der Waals surface area contributed by atoms with Crippen molar-refractivity contribution in [1.29, 1.82) is 0 Å². The van der Waals surface area contributed by atoms with Gasteiger partial charge in [-0.2, -0.15) is 4.98 Å². The lowest BCUT2D eigenvalue weighted by atomic mass is 9.92. The quantitative estimate of drug-likeness (QED) is 0.281. The molecule has 3 N–H and O–H groups in total. The van der Waals surface area contributed by atoms with Crippen LogP contribution in [0.25, 0.3) is 0 Å². The molecule has 4 rings (SSSR count). The van der Waals surface area contributed by atoms with Crippen LogP contribution in [-0.2, 0) is 0 Å². The number of anilines is 6. The molecule has 2 heterocycles. The van der Waals surface area contributed by atoms with E-state index in [1.807, 2.05) is 24.3 Å². The molecule has 3 aromatic rings. The lowest BCUT2D eigenvalue weighted by Gasteiger charge is -2.34. The number of nitrogens with zero attached hydrogens (tertiary/aromatic N) is 4. The zero-order valence-electron chi connectivity index (χ0n) is 21.7. The van der Waals surface area contributed by atoms with Crippen LogP contribution in [0.5, 0.6) is 0 Å². The minimum Gasteiger partial charge on any atom is -0.384 e. The maximum atomic E-state index is 14.9. The molecule has 1 saturated heterocycles. The average molecular weight is 547 g/mol. The number of benzene rings is 2. The van der Waals surface area contributed by atoms with Crippen LogP contribution in [-0.4, -0.2) is 54.6 Å². The van der Waals surface area contributed by atoms with E-state index in [0.29, 0.717) is 33.2 Å². The van der Waals surface area contributed by atoms with E-state index in [9.17, 15) is 4.39 Å². The highest BCUT2D eigenvalue weighted by molar-refractivity contribution is 6.33. The van der Waals surface area contributed by atoms with Crippen LogP contribution in [0.4, 0.5) is 38.9 Å². The summed E-state index contributed by atoms with van der Waals surface area (Å²) in [4.78, 5) is 13.1. The lowest BCUT2D eigenvalue weighted by Crippen LogP contribution is -2.44. The minimum absolute atomic E-state index is 0.223. The Kier molecular flexibility index (Phi) is 8.62. The van der Waals surface area contributed by atoms with Crippen molar-refractivity contribution < 1.29 is 4.39 Å². The first-order valence-corrected chi connectivity index (χ1v) is 13.2. The monoisotopic (exact) mass is 545 g/mol. The van der Waals surface area contributed by atoms with Crippen molar-refractivity contribution in [3.63, 3.8) is 0 Å². The fourth-order valence-corrected chi connectivity index (χ4v) is 4.30. The smallest absolute Gasteiger partial charge is 0.229 e. The molecule has 0 spiro atoms. The second-order valence-electron chi connectivity index (χ2n) is 10.5. The topological polar surface area (TPSA) is 68.3 Å². The fraction of sp³-hybridized carbons (Fsp3) is 0.407. The summed E-state index contributed by atoms with van der Waals surface area (Å²) in [5, 5.41) is 10.7. The van der Waals surface area contributed by atoms with Crippen LogP contribution in [0.2, 0.25) is 10.0 Å². The van der Waals surface area contributed by atoms with E-state index in [-0.39, 0.29) is 11.2 Å². The molecule has 2 aromatic carbocycles. The standard InChI is InChI=1S/C27H34Cl2FN7/c1-27(2,3)9-10-31-23-16-19(5-7-20(23)28)33-25-21(29)17-32-26(35-25)34-18-6-8-24(22(30)15-18)37-13-11-36(4)12-14-37/h5-8,15-17,31H,9-14H2,1-4H3,(H2,32,33,34,35). The van der Waals surface area contributed by atoms with E-state index < -0.39 is 0 Å². The van der Waals surface area contributed by atoms with E-state index in [2.05, 4.69) is 63.5 Å². The van der Waals surface area contributed by atoms with Gasteiger partial charge in [0.2, 0.25) is 5.95 Å². The molecule has 1 aliphatic rings. The van der Waals surface area contributed by atoms with Crippen molar-refractivity contribution in [2.24, 2.45) is 5.41 Å². The second-order valence-corrected chi connectivity index (χ2v) is 11.3. The Morgan fingerprint density at radius 3 is 2.35 bits per heavy atom. The zero-order chi connectivity index (χ0) is 26.6. The predicted octanol–water partition coefficient (Wildman–Crippen LogP) is 7.01. The van der Waals surface area contributed by atoms with Crippen molar-refractivity contribution in [2.45, 2.75) is 27.2 Å². The number of halogens is 3. The van der Waals surface area contributed by atoms with Gasteiger partial charge in [0.25, 0.3) is 0 Å². The number of hydrogen-bond acceptors (Lipinski definition) is 7. The van der Waals surface area contributed by atoms with E-state index >= 15 is 0 Å². The molecule has 7 nitrogen and oxygen atoms in total. The third kappa shape index (κ3) is 7.60. The molecule has 1 aliphatic heterocycles. The number of piperazine rings is 1. The molecular weight excluding hydrogens is 512 g/mol. The maximum Gasteiger partial charge on any atom is 0.229 e. The maximum absolute atomic E-state index is 14.9. The van der Waals surface area contributed by atoms with Gasteiger partial charge in [-0.05, 0) is 55.3 Å². The zero-order valence-corrected chi connectivity index (χ0v) is 23.2. The molecule has 0 unspecified atom stereocenters. The average Bonchev–Trinajstić information content (AvgIpc) is 2.83. The number of nitrogens with one attached hydrogen (secondary N) is 3. The van der Waals surface area contributed by atoms with E-state index in [1.54, 1.807) is 6.07 Å². The van der Waals surface area contributed by atoms with Gasteiger partial charge in [-0.1, -0.05) is 44.0 Å². The normalized spacial score (nSPS) is 14.5. The molecule has 0 bridgehead atoms. The molecule has 1 aromatic heterocycles. The Morgan fingerprint density at radius 1 is 0.946 bits per heavy atom. The first-order valence-electron chi connectivity index (χ1n) is 12.4. The molecule has 198 valence electrons. The summed E-state index contributed by atoms with van der Waals surface area (Å²) in [7, 11) is 2.08. The lowest BCUT2D eigenvalue weighted by molar-refractivity contribution is 0.311. The summed E-state index contributed by atoms with van der Waals surface area (Å²) in [5.41, 5.74) is 2.99. The molecule has 0 amide bonds. The van der Waals surface area contributed by atoms with Crippen LogP contribution in [0, 0.1) is 11.2 Å². The van der Waals surface area contributed by atoms with Crippen molar-refractivity contribution in [3.05, 3.63) is 58.5 Å². The molecule has 10 heteroatoms. The number of hydrogen-bond donors (Lipinski definition) is 3. The predicted molar refractivity (Wildman–Crippen MR) is 154 cm³/mol. The SMILES string of the molecule is CN1CCN(c2ccc(Nc3ncc(Cl)c(Nc4ccc(Cl)c(NCCC(C)(C)C)c4)n3)cc2F)CC1.